The van der Waals surface area contributed by atoms with Gasteiger partial charge in [0, 0.05) is 18.8 Å². The maximum atomic E-state index is 5.98. The van der Waals surface area contributed by atoms with Crippen LogP contribution in [0.2, 0.25) is 5.15 Å². The highest BCUT2D eigenvalue weighted by molar-refractivity contribution is 7.99. The number of aromatic nitrogens is 4. The molecule has 3 rings (SSSR count). The fourth-order valence-corrected chi connectivity index (χ4v) is 3.58. The highest BCUT2D eigenvalue weighted by Crippen LogP contribution is 2.25. The fraction of sp³-hybridized carbons (Fsp3) is 0.545. The Bertz CT molecular complexity index is 521. The van der Waals surface area contributed by atoms with E-state index >= 15 is 0 Å². The van der Waals surface area contributed by atoms with Crippen LogP contribution in [0, 0.1) is 5.92 Å². The molecule has 0 bridgehead atoms. The van der Waals surface area contributed by atoms with E-state index in [1.165, 1.54) is 24.3 Å². The minimum Gasteiger partial charge on any atom is -0.282 e. The zero-order valence-corrected chi connectivity index (χ0v) is 10.9. The van der Waals surface area contributed by atoms with E-state index in [1.54, 1.807) is 6.20 Å². The summed E-state index contributed by atoms with van der Waals surface area (Å²) in [6, 6.07) is 0. The SMILES string of the molecule is Clc1nccn2c(CC3CCSCC3)nnc12. The van der Waals surface area contributed by atoms with Gasteiger partial charge in [-0.2, -0.15) is 11.8 Å². The zero-order valence-electron chi connectivity index (χ0n) is 9.34. The molecule has 17 heavy (non-hydrogen) atoms. The molecule has 3 heterocycles. The molecule has 0 unspecified atom stereocenters. The maximum absolute atomic E-state index is 5.98. The Kier molecular flexibility index (Phi) is 3.20. The van der Waals surface area contributed by atoms with Crippen LogP contribution < -0.4 is 0 Å². The largest absolute Gasteiger partial charge is 0.282 e. The van der Waals surface area contributed by atoms with Gasteiger partial charge in [0.15, 0.2) is 10.8 Å². The lowest BCUT2D eigenvalue weighted by molar-refractivity contribution is 0.474. The van der Waals surface area contributed by atoms with Crippen LogP contribution in [0.25, 0.3) is 5.65 Å². The molecule has 90 valence electrons. The van der Waals surface area contributed by atoms with Crippen LogP contribution in [-0.2, 0) is 6.42 Å². The van der Waals surface area contributed by atoms with Crippen LogP contribution >= 0.6 is 23.4 Å². The molecular weight excluding hydrogens is 256 g/mol. The lowest BCUT2D eigenvalue weighted by atomic mass is 9.98. The molecule has 0 radical (unpaired) electrons. The van der Waals surface area contributed by atoms with Crippen molar-refractivity contribution >= 4 is 29.0 Å². The molecule has 0 aromatic carbocycles. The van der Waals surface area contributed by atoms with Crippen molar-refractivity contribution in [3.05, 3.63) is 23.4 Å². The lowest BCUT2D eigenvalue weighted by Gasteiger charge is -2.20. The first-order chi connectivity index (χ1) is 8.34. The Labute approximate surface area is 109 Å². The summed E-state index contributed by atoms with van der Waals surface area (Å²) in [5.41, 5.74) is 0.661. The molecule has 4 nitrogen and oxygen atoms in total. The molecule has 1 aliphatic heterocycles. The molecule has 0 atom stereocenters. The number of rotatable bonds is 2. The number of nitrogens with zero attached hydrogens (tertiary/aromatic N) is 4. The van der Waals surface area contributed by atoms with Gasteiger partial charge < -0.3 is 0 Å². The quantitative estimate of drug-likeness (QED) is 0.839. The van der Waals surface area contributed by atoms with Gasteiger partial charge in [0.25, 0.3) is 0 Å². The number of hydrogen-bond donors (Lipinski definition) is 0. The first kappa shape index (κ1) is 11.3. The van der Waals surface area contributed by atoms with E-state index < -0.39 is 0 Å². The number of hydrogen-bond acceptors (Lipinski definition) is 4. The molecule has 1 saturated heterocycles. The van der Waals surface area contributed by atoms with Crippen LogP contribution in [0.4, 0.5) is 0 Å². The molecule has 0 spiro atoms. The van der Waals surface area contributed by atoms with Crippen molar-refractivity contribution in [2.24, 2.45) is 5.92 Å². The van der Waals surface area contributed by atoms with E-state index in [9.17, 15) is 0 Å². The second-order valence-corrected chi connectivity index (χ2v) is 5.87. The van der Waals surface area contributed by atoms with Crippen molar-refractivity contribution < 1.29 is 0 Å². The van der Waals surface area contributed by atoms with Crippen molar-refractivity contribution in [3.8, 4) is 0 Å². The molecule has 0 saturated carbocycles. The number of fused-ring (bicyclic) bond motifs is 1. The van der Waals surface area contributed by atoms with Crippen molar-refractivity contribution in [1.82, 2.24) is 19.6 Å². The maximum Gasteiger partial charge on any atom is 0.198 e. The van der Waals surface area contributed by atoms with Gasteiger partial charge in [-0.05, 0) is 30.3 Å². The van der Waals surface area contributed by atoms with Crippen LogP contribution in [0.1, 0.15) is 18.7 Å². The van der Waals surface area contributed by atoms with Gasteiger partial charge in [-0.15, -0.1) is 10.2 Å². The van der Waals surface area contributed by atoms with Crippen LogP contribution in [0.3, 0.4) is 0 Å². The number of thioether (sulfide) groups is 1. The summed E-state index contributed by atoms with van der Waals surface area (Å²) in [5, 5.41) is 8.75. The van der Waals surface area contributed by atoms with E-state index in [2.05, 4.69) is 15.2 Å². The normalized spacial score (nSPS) is 17.7. The summed E-state index contributed by atoms with van der Waals surface area (Å²) in [6.45, 7) is 0. The summed E-state index contributed by atoms with van der Waals surface area (Å²) in [6.07, 6.45) is 7.12. The van der Waals surface area contributed by atoms with Gasteiger partial charge in [-0.3, -0.25) is 4.40 Å². The Morgan fingerprint density at radius 2 is 2.18 bits per heavy atom. The smallest absolute Gasteiger partial charge is 0.198 e. The molecule has 0 amide bonds. The summed E-state index contributed by atoms with van der Waals surface area (Å²) >= 11 is 8.02. The van der Waals surface area contributed by atoms with E-state index in [0.29, 0.717) is 10.8 Å². The Balaban J connectivity index is 1.87. The highest BCUT2D eigenvalue weighted by atomic mass is 35.5. The molecule has 1 fully saturated rings. The minimum absolute atomic E-state index is 0.422. The van der Waals surface area contributed by atoms with Crippen LogP contribution in [0.15, 0.2) is 12.4 Å². The Hall–Kier alpha value is -0.810. The molecule has 2 aromatic rings. The third kappa shape index (κ3) is 2.26. The first-order valence-corrected chi connectivity index (χ1v) is 7.30. The standard InChI is InChI=1S/C11H13ClN4S/c12-10-11-15-14-9(16(11)4-3-13-10)7-8-1-5-17-6-2-8/h3-4,8H,1-2,5-7H2. The van der Waals surface area contributed by atoms with E-state index in [-0.39, 0.29) is 0 Å². The molecule has 1 aliphatic rings. The van der Waals surface area contributed by atoms with Gasteiger partial charge >= 0.3 is 0 Å². The first-order valence-electron chi connectivity index (χ1n) is 5.76. The monoisotopic (exact) mass is 268 g/mol. The second kappa shape index (κ2) is 4.82. The van der Waals surface area contributed by atoms with E-state index in [0.717, 1.165) is 18.2 Å². The molecule has 0 N–H and O–H groups in total. The van der Waals surface area contributed by atoms with E-state index in [4.69, 9.17) is 11.6 Å². The molecular formula is C11H13ClN4S. The topological polar surface area (TPSA) is 43.1 Å². The zero-order chi connectivity index (χ0) is 11.7. The Morgan fingerprint density at radius 3 is 3.00 bits per heavy atom. The second-order valence-electron chi connectivity index (χ2n) is 4.29. The summed E-state index contributed by atoms with van der Waals surface area (Å²) in [7, 11) is 0. The van der Waals surface area contributed by atoms with Gasteiger partial charge in [-0.25, -0.2) is 4.98 Å². The van der Waals surface area contributed by atoms with Crippen LogP contribution in [-0.4, -0.2) is 31.1 Å². The third-order valence-electron chi connectivity index (χ3n) is 3.17. The summed E-state index contributed by atoms with van der Waals surface area (Å²) < 4.78 is 1.96. The Morgan fingerprint density at radius 1 is 1.35 bits per heavy atom. The van der Waals surface area contributed by atoms with E-state index in [1.807, 2.05) is 22.4 Å². The molecule has 2 aromatic heterocycles. The average Bonchev–Trinajstić information content (AvgIpc) is 2.76. The summed E-state index contributed by atoms with van der Waals surface area (Å²) in [4.78, 5) is 4.01. The minimum atomic E-state index is 0.422. The average molecular weight is 269 g/mol. The third-order valence-corrected chi connectivity index (χ3v) is 4.48. The van der Waals surface area contributed by atoms with Gasteiger partial charge in [-0.1, -0.05) is 11.6 Å². The number of halogens is 1. The van der Waals surface area contributed by atoms with Crippen molar-refractivity contribution in [2.75, 3.05) is 11.5 Å². The van der Waals surface area contributed by atoms with Gasteiger partial charge in [0.1, 0.15) is 5.82 Å². The van der Waals surface area contributed by atoms with Gasteiger partial charge in [0.05, 0.1) is 0 Å². The predicted octanol–water partition coefficient (Wildman–Crippen LogP) is 2.46. The van der Waals surface area contributed by atoms with Crippen molar-refractivity contribution in [2.45, 2.75) is 19.3 Å². The highest BCUT2D eigenvalue weighted by Gasteiger charge is 2.17. The summed E-state index contributed by atoms with van der Waals surface area (Å²) in [5.74, 6) is 4.27. The fourth-order valence-electron chi connectivity index (χ4n) is 2.19. The lowest BCUT2D eigenvalue weighted by Crippen LogP contribution is -2.14. The van der Waals surface area contributed by atoms with Crippen molar-refractivity contribution in [1.29, 1.82) is 0 Å². The molecule has 0 aliphatic carbocycles. The molecule has 6 heteroatoms. The van der Waals surface area contributed by atoms with Gasteiger partial charge in [0.2, 0.25) is 0 Å². The van der Waals surface area contributed by atoms with Crippen molar-refractivity contribution in [3.63, 3.8) is 0 Å². The predicted molar refractivity (Wildman–Crippen MR) is 69.5 cm³/mol. The van der Waals surface area contributed by atoms with Crippen LogP contribution in [0.5, 0.6) is 0 Å².